The maximum Gasteiger partial charge on any atom is 0.251 e. The normalized spacial score (nSPS) is 12.2. The van der Waals surface area contributed by atoms with Gasteiger partial charge < -0.3 is 5.32 Å². The highest BCUT2D eigenvalue weighted by Gasteiger charge is 2.08. The van der Waals surface area contributed by atoms with Crippen LogP contribution in [0.15, 0.2) is 23.1 Å². The van der Waals surface area contributed by atoms with Gasteiger partial charge in [0.25, 0.3) is 5.91 Å². The molecule has 0 aliphatic rings. The van der Waals surface area contributed by atoms with Crippen molar-refractivity contribution in [1.82, 2.24) is 5.32 Å². The first kappa shape index (κ1) is 12.9. The van der Waals surface area contributed by atoms with Gasteiger partial charge >= 0.3 is 0 Å². The lowest BCUT2D eigenvalue weighted by atomic mass is 10.1. The summed E-state index contributed by atoms with van der Waals surface area (Å²) in [5.74, 6) is -0.107. The third-order valence-electron chi connectivity index (χ3n) is 2.31. The Morgan fingerprint density at radius 3 is 2.50 bits per heavy atom. The molecule has 1 N–H and O–H groups in total. The van der Waals surface area contributed by atoms with Crippen molar-refractivity contribution in [3.63, 3.8) is 0 Å². The van der Waals surface area contributed by atoms with Gasteiger partial charge in [-0.05, 0) is 37.1 Å². The smallest absolute Gasteiger partial charge is 0.251 e. The molecule has 1 unspecified atom stereocenters. The topological polar surface area (TPSA) is 46.2 Å². The van der Waals surface area contributed by atoms with Crippen LogP contribution in [-0.2, 0) is 17.2 Å². The van der Waals surface area contributed by atoms with Gasteiger partial charge in [0, 0.05) is 34.1 Å². The van der Waals surface area contributed by atoms with Gasteiger partial charge in [0.15, 0.2) is 0 Å². The van der Waals surface area contributed by atoms with Crippen molar-refractivity contribution in [2.75, 3.05) is 12.8 Å². The van der Waals surface area contributed by atoms with Gasteiger partial charge in [-0.3, -0.25) is 9.00 Å². The second-order valence-corrected chi connectivity index (χ2v) is 4.91. The Kier molecular flexibility index (Phi) is 4.68. The Hall–Kier alpha value is -1.16. The van der Waals surface area contributed by atoms with Gasteiger partial charge in [-0.2, -0.15) is 0 Å². The molecule has 3 nitrogen and oxygen atoms in total. The average molecular weight is 239 g/mol. The van der Waals surface area contributed by atoms with E-state index in [-0.39, 0.29) is 5.91 Å². The maximum absolute atomic E-state index is 11.7. The number of amides is 1. The Bertz CT molecular complexity index is 415. The van der Waals surface area contributed by atoms with E-state index >= 15 is 0 Å². The molecular formula is C12H17NO2S. The fourth-order valence-corrected chi connectivity index (χ4v) is 2.03. The summed E-state index contributed by atoms with van der Waals surface area (Å²) in [6.07, 6.45) is 2.45. The van der Waals surface area contributed by atoms with Crippen LogP contribution >= 0.6 is 0 Å². The van der Waals surface area contributed by atoms with Gasteiger partial charge in [-0.15, -0.1) is 0 Å². The zero-order chi connectivity index (χ0) is 12.1. The molecule has 0 saturated carbocycles. The van der Waals surface area contributed by atoms with Crippen LogP contribution in [0, 0.1) is 0 Å². The molecule has 0 heterocycles. The maximum atomic E-state index is 11.7. The lowest BCUT2D eigenvalue weighted by Crippen LogP contribution is -2.22. The molecule has 0 aliphatic carbocycles. The van der Waals surface area contributed by atoms with Crippen molar-refractivity contribution in [1.29, 1.82) is 0 Å². The number of carbonyl (C=O) groups is 1. The van der Waals surface area contributed by atoms with E-state index in [1.807, 2.05) is 26.0 Å². The number of carbonyl (C=O) groups excluding carboxylic acids is 1. The third-order valence-corrected chi connectivity index (χ3v) is 3.21. The van der Waals surface area contributed by atoms with E-state index in [1.165, 1.54) is 0 Å². The second-order valence-electron chi connectivity index (χ2n) is 3.53. The molecule has 0 spiro atoms. The van der Waals surface area contributed by atoms with E-state index in [4.69, 9.17) is 0 Å². The molecule has 1 atom stereocenters. The molecule has 1 aromatic carbocycles. The number of rotatable bonds is 4. The molecule has 4 heteroatoms. The van der Waals surface area contributed by atoms with Gasteiger partial charge in [-0.25, -0.2) is 0 Å². The monoisotopic (exact) mass is 239 g/mol. The summed E-state index contributed by atoms with van der Waals surface area (Å²) in [5, 5.41) is 2.74. The number of hydrogen-bond acceptors (Lipinski definition) is 2. The minimum atomic E-state index is -1.05. The van der Waals surface area contributed by atoms with Crippen molar-refractivity contribution < 1.29 is 9.00 Å². The largest absolute Gasteiger partial charge is 0.352 e. The molecule has 1 aromatic rings. The van der Waals surface area contributed by atoms with Crippen molar-refractivity contribution in [2.24, 2.45) is 0 Å². The van der Waals surface area contributed by atoms with Crippen LogP contribution in [0.4, 0.5) is 0 Å². The van der Waals surface area contributed by atoms with E-state index < -0.39 is 10.8 Å². The molecule has 0 radical (unpaired) electrons. The SMILES string of the molecule is CCNC(=O)c1cc(CC)cc(S(C)=O)c1. The molecule has 0 fully saturated rings. The Labute approximate surface area is 98.7 Å². The Morgan fingerprint density at radius 2 is 2.00 bits per heavy atom. The average Bonchev–Trinajstić information content (AvgIpc) is 2.28. The van der Waals surface area contributed by atoms with Crippen LogP contribution in [0.1, 0.15) is 29.8 Å². The van der Waals surface area contributed by atoms with E-state index in [0.717, 1.165) is 12.0 Å². The minimum Gasteiger partial charge on any atom is -0.352 e. The van der Waals surface area contributed by atoms with Gasteiger partial charge in [0.1, 0.15) is 0 Å². The van der Waals surface area contributed by atoms with E-state index in [2.05, 4.69) is 5.32 Å². The molecule has 0 saturated heterocycles. The summed E-state index contributed by atoms with van der Waals surface area (Å²) in [5.41, 5.74) is 1.63. The van der Waals surface area contributed by atoms with E-state index in [0.29, 0.717) is 17.0 Å². The highest BCUT2D eigenvalue weighted by atomic mass is 32.2. The van der Waals surface area contributed by atoms with Crippen molar-refractivity contribution in [3.05, 3.63) is 29.3 Å². The summed E-state index contributed by atoms with van der Waals surface area (Å²) in [7, 11) is -1.05. The zero-order valence-corrected chi connectivity index (χ0v) is 10.7. The lowest BCUT2D eigenvalue weighted by Gasteiger charge is -2.07. The van der Waals surface area contributed by atoms with Crippen LogP contribution in [-0.4, -0.2) is 22.9 Å². The van der Waals surface area contributed by atoms with Crippen LogP contribution < -0.4 is 5.32 Å². The van der Waals surface area contributed by atoms with Gasteiger partial charge in [-0.1, -0.05) is 6.92 Å². The molecular weight excluding hydrogens is 222 g/mol. The Morgan fingerprint density at radius 1 is 1.31 bits per heavy atom. The summed E-state index contributed by atoms with van der Waals surface area (Å²) in [6, 6.07) is 5.43. The summed E-state index contributed by atoms with van der Waals surface area (Å²) in [6.45, 7) is 4.49. The van der Waals surface area contributed by atoms with Crippen molar-refractivity contribution in [2.45, 2.75) is 25.2 Å². The molecule has 16 heavy (non-hydrogen) atoms. The standard InChI is InChI=1S/C12H17NO2S/c1-4-9-6-10(12(14)13-5-2)8-11(7-9)16(3)15/h6-8H,4-5H2,1-3H3,(H,13,14). The van der Waals surface area contributed by atoms with Crippen LogP contribution in [0.25, 0.3) is 0 Å². The second kappa shape index (κ2) is 5.80. The van der Waals surface area contributed by atoms with E-state index in [9.17, 15) is 9.00 Å². The molecule has 0 bridgehead atoms. The molecule has 88 valence electrons. The van der Waals surface area contributed by atoms with Crippen LogP contribution in [0.3, 0.4) is 0 Å². The number of nitrogens with one attached hydrogen (secondary N) is 1. The molecule has 0 aromatic heterocycles. The van der Waals surface area contributed by atoms with Crippen LogP contribution in [0.2, 0.25) is 0 Å². The fourth-order valence-electron chi connectivity index (χ4n) is 1.42. The molecule has 0 aliphatic heterocycles. The first-order valence-corrected chi connectivity index (χ1v) is 6.89. The first-order chi connectivity index (χ1) is 7.58. The number of aryl methyl sites for hydroxylation is 1. The highest BCUT2D eigenvalue weighted by molar-refractivity contribution is 7.84. The fraction of sp³-hybridized carbons (Fsp3) is 0.417. The quantitative estimate of drug-likeness (QED) is 0.870. The Balaban J connectivity index is 3.13. The lowest BCUT2D eigenvalue weighted by molar-refractivity contribution is 0.0955. The van der Waals surface area contributed by atoms with Crippen LogP contribution in [0.5, 0.6) is 0 Å². The van der Waals surface area contributed by atoms with Crippen molar-refractivity contribution >= 4 is 16.7 Å². The minimum absolute atomic E-state index is 0.107. The third kappa shape index (κ3) is 3.17. The summed E-state index contributed by atoms with van der Waals surface area (Å²) < 4.78 is 11.4. The molecule has 1 amide bonds. The van der Waals surface area contributed by atoms with E-state index in [1.54, 1.807) is 12.3 Å². The number of benzene rings is 1. The predicted octanol–water partition coefficient (Wildman–Crippen LogP) is 1.74. The first-order valence-electron chi connectivity index (χ1n) is 5.34. The summed E-state index contributed by atoms with van der Waals surface area (Å²) >= 11 is 0. The predicted molar refractivity (Wildman–Crippen MR) is 66.2 cm³/mol. The summed E-state index contributed by atoms with van der Waals surface area (Å²) in [4.78, 5) is 12.4. The highest BCUT2D eigenvalue weighted by Crippen LogP contribution is 2.14. The molecule has 1 rings (SSSR count). The van der Waals surface area contributed by atoms with Crippen molar-refractivity contribution in [3.8, 4) is 0 Å². The van der Waals surface area contributed by atoms with Gasteiger partial charge in [0.05, 0.1) is 0 Å². The van der Waals surface area contributed by atoms with Gasteiger partial charge in [0.2, 0.25) is 0 Å². The number of hydrogen-bond donors (Lipinski definition) is 1. The zero-order valence-electron chi connectivity index (χ0n) is 9.87.